The first-order valence-electron chi connectivity index (χ1n) is 7.85. The number of hydrogen-bond donors (Lipinski definition) is 0. The molecule has 8 heteroatoms. The monoisotopic (exact) mass is 430 g/mol. The van der Waals surface area contributed by atoms with Gasteiger partial charge < -0.3 is 4.57 Å². The number of aryl methyl sites for hydroxylation is 2. The quantitative estimate of drug-likeness (QED) is 0.496. The minimum absolute atomic E-state index is 0.255. The van der Waals surface area contributed by atoms with Gasteiger partial charge in [-0.25, -0.2) is 12.4 Å². The Balaban J connectivity index is 1.90. The minimum atomic E-state index is -3.68. The number of nitrogens with zero attached hydrogens (tertiary/aromatic N) is 4. The zero-order valence-electron chi connectivity index (χ0n) is 14.1. The predicted molar refractivity (Wildman–Crippen MR) is 103 cm³/mol. The van der Waals surface area contributed by atoms with Gasteiger partial charge in [0.15, 0.2) is 5.82 Å². The summed E-state index contributed by atoms with van der Waals surface area (Å²) in [4.78, 5) is 0.255. The topological polar surface area (TPSA) is 69.8 Å². The van der Waals surface area contributed by atoms with Crippen LogP contribution in [0.25, 0.3) is 22.3 Å². The lowest BCUT2D eigenvalue weighted by molar-refractivity contribution is 0.589. The largest absolute Gasteiger partial charge is 0.317 e. The molecule has 0 radical (unpaired) electrons. The molecular weight excluding hydrogens is 416 g/mol. The highest BCUT2D eigenvalue weighted by Crippen LogP contribution is 2.32. The zero-order valence-corrected chi connectivity index (χ0v) is 16.5. The molecule has 0 unspecified atom stereocenters. The van der Waals surface area contributed by atoms with Gasteiger partial charge >= 0.3 is 0 Å². The Morgan fingerprint density at radius 2 is 1.81 bits per heavy atom. The van der Waals surface area contributed by atoms with Gasteiger partial charge in [0.25, 0.3) is 10.0 Å². The maximum absolute atomic E-state index is 13.1. The number of halogens is 1. The van der Waals surface area contributed by atoms with Gasteiger partial charge in [-0.3, -0.25) is 0 Å². The van der Waals surface area contributed by atoms with Crippen LogP contribution < -0.4 is 0 Å². The normalized spacial score (nSPS) is 12.0. The summed E-state index contributed by atoms with van der Waals surface area (Å²) in [6, 6.07) is 12.4. The third-order valence-corrected chi connectivity index (χ3v) is 6.59. The molecule has 132 valence electrons. The van der Waals surface area contributed by atoms with Crippen molar-refractivity contribution >= 4 is 36.9 Å². The first kappa shape index (κ1) is 17.0. The molecule has 6 nitrogen and oxygen atoms in total. The van der Waals surface area contributed by atoms with Crippen LogP contribution in [0.2, 0.25) is 0 Å². The fourth-order valence-electron chi connectivity index (χ4n) is 2.87. The highest BCUT2D eigenvalue weighted by Gasteiger charge is 2.21. The lowest BCUT2D eigenvalue weighted by atomic mass is 10.1. The van der Waals surface area contributed by atoms with E-state index in [4.69, 9.17) is 0 Å². The van der Waals surface area contributed by atoms with Gasteiger partial charge in [0.05, 0.1) is 10.4 Å². The van der Waals surface area contributed by atoms with Crippen molar-refractivity contribution in [2.45, 2.75) is 11.8 Å². The number of hydrogen-bond acceptors (Lipinski definition) is 4. The van der Waals surface area contributed by atoms with E-state index in [0.717, 1.165) is 16.5 Å². The van der Waals surface area contributed by atoms with E-state index < -0.39 is 10.0 Å². The third kappa shape index (κ3) is 2.65. The van der Waals surface area contributed by atoms with E-state index >= 15 is 0 Å². The van der Waals surface area contributed by atoms with E-state index in [-0.39, 0.29) is 4.90 Å². The molecule has 0 spiro atoms. The zero-order chi connectivity index (χ0) is 18.5. The van der Waals surface area contributed by atoms with Crippen LogP contribution in [0.15, 0.2) is 64.4 Å². The van der Waals surface area contributed by atoms with E-state index in [1.807, 2.05) is 30.7 Å². The molecule has 0 aliphatic rings. The van der Waals surface area contributed by atoms with Gasteiger partial charge in [-0.2, -0.15) is 0 Å². The smallest absolute Gasteiger partial charge is 0.268 e. The molecule has 26 heavy (non-hydrogen) atoms. The Bertz CT molecular complexity index is 1220. The standard InChI is InChI=1S/C18H15BrN4O2S/c1-12-3-6-14(7-4-12)26(24,25)23-10-16(19)15-9-13(5-8-17(15)23)18-21-20-11-22(18)2/h3-11H,1-2H3. The number of benzene rings is 2. The highest BCUT2D eigenvalue weighted by atomic mass is 79.9. The molecule has 0 saturated carbocycles. The van der Waals surface area contributed by atoms with Crippen molar-refractivity contribution in [3.05, 3.63) is 65.0 Å². The van der Waals surface area contributed by atoms with Crippen molar-refractivity contribution in [3.63, 3.8) is 0 Å². The Labute approximate surface area is 159 Å². The van der Waals surface area contributed by atoms with Gasteiger partial charge in [-0.1, -0.05) is 17.7 Å². The van der Waals surface area contributed by atoms with Crippen LogP contribution in [0.1, 0.15) is 5.56 Å². The fraction of sp³-hybridized carbons (Fsp3) is 0.111. The van der Waals surface area contributed by atoms with Gasteiger partial charge in [0.1, 0.15) is 6.33 Å². The van der Waals surface area contributed by atoms with Crippen LogP contribution in [0.5, 0.6) is 0 Å². The Kier molecular flexibility index (Phi) is 3.96. The van der Waals surface area contributed by atoms with Crippen LogP contribution in [0.3, 0.4) is 0 Å². The molecule has 0 atom stereocenters. The van der Waals surface area contributed by atoms with Crippen LogP contribution in [0, 0.1) is 6.92 Å². The second-order valence-corrected chi connectivity index (χ2v) is 8.76. The van der Waals surface area contributed by atoms with Gasteiger partial charge in [-0.15, -0.1) is 10.2 Å². The van der Waals surface area contributed by atoms with E-state index in [0.29, 0.717) is 15.8 Å². The van der Waals surface area contributed by atoms with E-state index in [1.165, 1.54) is 3.97 Å². The average molecular weight is 431 g/mol. The molecule has 0 aliphatic carbocycles. The van der Waals surface area contributed by atoms with Crippen molar-refractivity contribution in [1.29, 1.82) is 0 Å². The lowest BCUT2D eigenvalue weighted by Crippen LogP contribution is -2.11. The van der Waals surface area contributed by atoms with Crippen molar-refractivity contribution in [2.24, 2.45) is 7.05 Å². The summed E-state index contributed by atoms with van der Waals surface area (Å²) in [5.74, 6) is 0.716. The second kappa shape index (κ2) is 6.07. The molecule has 0 N–H and O–H groups in total. The van der Waals surface area contributed by atoms with Gasteiger partial charge in [0.2, 0.25) is 0 Å². The maximum Gasteiger partial charge on any atom is 0.268 e. The lowest BCUT2D eigenvalue weighted by Gasteiger charge is -2.08. The Morgan fingerprint density at radius 3 is 2.46 bits per heavy atom. The Hall–Kier alpha value is -2.45. The minimum Gasteiger partial charge on any atom is -0.317 e. The highest BCUT2D eigenvalue weighted by molar-refractivity contribution is 9.10. The maximum atomic E-state index is 13.1. The van der Waals surface area contributed by atoms with Crippen LogP contribution >= 0.6 is 15.9 Å². The Morgan fingerprint density at radius 1 is 1.08 bits per heavy atom. The molecule has 4 rings (SSSR count). The number of aromatic nitrogens is 4. The average Bonchev–Trinajstić information content (AvgIpc) is 3.19. The molecule has 0 fully saturated rings. The van der Waals surface area contributed by atoms with E-state index in [1.54, 1.807) is 42.9 Å². The van der Waals surface area contributed by atoms with Gasteiger partial charge in [-0.05, 0) is 53.2 Å². The molecule has 0 saturated heterocycles. The molecule has 4 aromatic rings. The first-order valence-corrected chi connectivity index (χ1v) is 10.1. The van der Waals surface area contributed by atoms with E-state index in [9.17, 15) is 8.42 Å². The van der Waals surface area contributed by atoms with Crippen LogP contribution in [-0.2, 0) is 17.1 Å². The molecule has 0 amide bonds. The summed E-state index contributed by atoms with van der Waals surface area (Å²) in [7, 11) is -1.82. The van der Waals surface area contributed by atoms with Crippen molar-refractivity contribution in [1.82, 2.24) is 18.7 Å². The molecule has 2 aromatic heterocycles. The molecule has 0 aliphatic heterocycles. The number of rotatable bonds is 3. The van der Waals surface area contributed by atoms with Crippen molar-refractivity contribution < 1.29 is 8.42 Å². The second-order valence-electron chi connectivity index (χ2n) is 6.09. The summed E-state index contributed by atoms with van der Waals surface area (Å²) < 4.78 is 29.9. The number of fused-ring (bicyclic) bond motifs is 1. The first-order chi connectivity index (χ1) is 12.4. The molecule has 2 heterocycles. The van der Waals surface area contributed by atoms with Crippen LogP contribution in [0.4, 0.5) is 0 Å². The summed E-state index contributed by atoms with van der Waals surface area (Å²) in [6.07, 6.45) is 3.21. The summed E-state index contributed by atoms with van der Waals surface area (Å²) in [5, 5.41) is 8.79. The summed E-state index contributed by atoms with van der Waals surface area (Å²) in [6.45, 7) is 1.92. The van der Waals surface area contributed by atoms with Crippen molar-refractivity contribution in [2.75, 3.05) is 0 Å². The molecule has 2 aromatic carbocycles. The van der Waals surface area contributed by atoms with Crippen molar-refractivity contribution in [3.8, 4) is 11.4 Å². The predicted octanol–water partition coefficient (Wildman–Crippen LogP) is 3.74. The van der Waals surface area contributed by atoms with E-state index in [2.05, 4.69) is 26.1 Å². The molecule has 0 bridgehead atoms. The molecular formula is C18H15BrN4O2S. The SMILES string of the molecule is Cc1ccc(S(=O)(=O)n2cc(Br)c3cc(-c4nncn4C)ccc32)cc1. The fourth-order valence-corrected chi connectivity index (χ4v) is 4.90. The summed E-state index contributed by atoms with van der Waals surface area (Å²) in [5.41, 5.74) is 2.47. The van der Waals surface area contributed by atoms with Crippen LogP contribution in [-0.4, -0.2) is 27.2 Å². The third-order valence-electron chi connectivity index (χ3n) is 4.27. The van der Waals surface area contributed by atoms with Gasteiger partial charge in [0, 0.05) is 28.7 Å². The summed E-state index contributed by atoms with van der Waals surface area (Å²) >= 11 is 3.48.